The number of hydrogen-bond acceptors (Lipinski definition) is 6. The van der Waals surface area contributed by atoms with E-state index in [1.54, 1.807) is 5.32 Å². The molecule has 34 heavy (non-hydrogen) atoms. The first-order chi connectivity index (χ1) is 15.9. The number of hydrogen-bond donors (Lipinski definition) is 2. The number of halogens is 4. The van der Waals surface area contributed by atoms with Crippen molar-refractivity contribution in [3.63, 3.8) is 0 Å². The van der Waals surface area contributed by atoms with Crippen molar-refractivity contribution in [1.82, 2.24) is 20.3 Å². The summed E-state index contributed by atoms with van der Waals surface area (Å²) >= 11 is 0. The van der Waals surface area contributed by atoms with Gasteiger partial charge in [0.25, 0.3) is 17.5 Å². The van der Waals surface area contributed by atoms with Gasteiger partial charge in [0, 0.05) is 28.9 Å². The number of alkyl halides is 3. The Balaban J connectivity index is 1.86. The first-order valence-electron chi connectivity index (χ1n) is 9.51. The van der Waals surface area contributed by atoms with Crippen molar-refractivity contribution in [2.24, 2.45) is 0 Å². The second-order valence-electron chi connectivity index (χ2n) is 7.09. The molecule has 3 rings (SSSR count). The molecule has 2 N–H and O–H groups in total. The van der Waals surface area contributed by atoms with Gasteiger partial charge in [-0.3, -0.25) is 19.7 Å². The number of aromatic nitrogens is 3. The summed E-state index contributed by atoms with van der Waals surface area (Å²) in [6.07, 6.45) is -4.65. The number of amides is 2. The zero-order valence-corrected chi connectivity index (χ0v) is 17.6. The van der Waals surface area contributed by atoms with Crippen molar-refractivity contribution in [1.29, 1.82) is 0 Å². The highest BCUT2D eigenvalue weighted by atomic mass is 19.4. The fraction of sp³-hybridized carbons (Fsp3) is 0.200. The van der Waals surface area contributed by atoms with E-state index < -0.39 is 40.8 Å². The van der Waals surface area contributed by atoms with Crippen LogP contribution < -0.4 is 10.6 Å². The molecule has 0 aliphatic heterocycles. The van der Waals surface area contributed by atoms with Crippen LogP contribution in [0.2, 0.25) is 0 Å². The summed E-state index contributed by atoms with van der Waals surface area (Å²) < 4.78 is 52.5. The molecule has 0 aliphatic rings. The molecule has 0 spiro atoms. The van der Waals surface area contributed by atoms with Crippen LogP contribution in [0, 0.1) is 29.8 Å². The summed E-state index contributed by atoms with van der Waals surface area (Å²) in [5.41, 5.74) is -0.585. The largest absolute Gasteiger partial charge is 0.405 e. The summed E-state index contributed by atoms with van der Waals surface area (Å²) in [5.74, 6) is -2.95. The minimum Gasteiger partial charge on any atom is -0.343 e. The fourth-order valence-electron chi connectivity index (χ4n) is 2.93. The molecule has 3 aromatic rings. The van der Waals surface area contributed by atoms with Gasteiger partial charge in [0.1, 0.15) is 12.4 Å². The average molecular weight is 480 g/mol. The second kappa shape index (κ2) is 9.25. The van der Waals surface area contributed by atoms with E-state index in [9.17, 15) is 37.3 Å². The number of non-ortho nitro benzene ring substituents is 1. The molecular weight excluding hydrogens is 464 g/mol. The predicted octanol–water partition coefficient (Wildman–Crippen LogP) is 3.48. The average Bonchev–Trinajstić information content (AvgIpc) is 3.16. The van der Waals surface area contributed by atoms with Gasteiger partial charge in [-0.1, -0.05) is 11.3 Å². The maximum Gasteiger partial charge on any atom is 0.405 e. The number of carbonyl (C=O) groups excluding carboxylic acids is 2. The number of carbonyl (C=O) groups is 2. The van der Waals surface area contributed by atoms with Crippen molar-refractivity contribution >= 4 is 23.2 Å². The molecule has 0 aliphatic carbocycles. The number of nitro benzene ring substituents is 1. The molecule has 0 fully saturated rings. The lowest BCUT2D eigenvalue weighted by molar-refractivity contribution is -0.384. The van der Waals surface area contributed by atoms with Crippen molar-refractivity contribution in [3.05, 3.63) is 74.8 Å². The van der Waals surface area contributed by atoms with E-state index in [1.165, 1.54) is 42.8 Å². The lowest BCUT2D eigenvalue weighted by Gasteiger charge is -2.12. The Morgan fingerprint density at radius 2 is 1.85 bits per heavy atom. The minimum absolute atomic E-state index is 0.0653. The maximum absolute atomic E-state index is 14.3. The molecule has 0 atom stereocenters. The summed E-state index contributed by atoms with van der Waals surface area (Å²) in [7, 11) is 0. The van der Waals surface area contributed by atoms with Crippen LogP contribution >= 0.6 is 0 Å². The highest BCUT2D eigenvalue weighted by Gasteiger charge is 2.28. The molecule has 14 heteroatoms. The van der Waals surface area contributed by atoms with Crippen LogP contribution in [0.4, 0.5) is 28.9 Å². The highest BCUT2D eigenvalue weighted by Crippen LogP contribution is 2.23. The Morgan fingerprint density at radius 1 is 1.15 bits per heavy atom. The smallest absolute Gasteiger partial charge is 0.343 e. The van der Waals surface area contributed by atoms with E-state index in [2.05, 4.69) is 15.6 Å². The Labute approximate surface area is 188 Å². The summed E-state index contributed by atoms with van der Waals surface area (Å²) in [4.78, 5) is 35.1. The predicted molar refractivity (Wildman–Crippen MR) is 110 cm³/mol. The number of benzene rings is 2. The zero-order valence-electron chi connectivity index (χ0n) is 17.6. The number of nitrogens with zero attached hydrogens (tertiary/aromatic N) is 4. The van der Waals surface area contributed by atoms with E-state index in [4.69, 9.17) is 0 Å². The van der Waals surface area contributed by atoms with Crippen LogP contribution in [0.3, 0.4) is 0 Å². The third-order valence-electron chi connectivity index (χ3n) is 4.70. The second-order valence-corrected chi connectivity index (χ2v) is 7.09. The van der Waals surface area contributed by atoms with Gasteiger partial charge >= 0.3 is 6.18 Å². The third kappa shape index (κ3) is 5.33. The van der Waals surface area contributed by atoms with Crippen molar-refractivity contribution in [2.45, 2.75) is 20.0 Å². The molecule has 2 aromatic carbocycles. The van der Waals surface area contributed by atoms with Crippen LogP contribution in [0.15, 0.2) is 36.4 Å². The van der Waals surface area contributed by atoms with Gasteiger partial charge in [-0.15, -0.1) is 5.10 Å². The van der Waals surface area contributed by atoms with Crippen molar-refractivity contribution < 1.29 is 32.1 Å². The van der Waals surface area contributed by atoms with Crippen LogP contribution in [-0.4, -0.2) is 44.5 Å². The van der Waals surface area contributed by atoms with E-state index in [0.717, 1.165) is 12.1 Å². The first-order valence-corrected chi connectivity index (χ1v) is 9.51. The third-order valence-corrected chi connectivity index (χ3v) is 4.70. The topological polar surface area (TPSA) is 132 Å². The zero-order chi connectivity index (χ0) is 25.2. The normalized spacial score (nSPS) is 11.2. The molecule has 0 saturated heterocycles. The van der Waals surface area contributed by atoms with Gasteiger partial charge in [0.2, 0.25) is 0 Å². The Kier molecular flexibility index (Phi) is 6.61. The standard InChI is InChI=1S/C20H16F4N6O4/c1-10-15(21)6-12(18(31)25-9-20(22,23)24)7-16(10)26-19(32)17-11(2)29(28-27-17)13-4-3-5-14(8-13)30(33)34/h3-8H,9H2,1-2H3,(H,25,31)(H,26,32). The van der Waals surface area contributed by atoms with Gasteiger partial charge in [-0.2, -0.15) is 13.2 Å². The maximum atomic E-state index is 14.3. The molecule has 0 unspecified atom stereocenters. The van der Waals surface area contributed by atoms with Crippen LogP contribution in [0.1, 0.15) is 32.1 Å². The van der Waals surface area contributed by atoms with E-state index in [-0.39, 0.29) is 34.0 Å². The minimum atomic E-state index is -4.65. The number of nitro groups is 1. The van der Waals surface area contributed by atoms with Gasteiger partial charge in [-0.25, -0.2) is 9.07 Å². The van der Waals surface area contributed by atoms with Crippen LogP contribution in [0.5, 0.6) is 0 Å². The monoisotopic (exact) mass is 480 g/mol. The lowest BCUT2D eigenvalue weighted by Crippen LogP contribution is -2.33. The lowest BCUT2D eigenvalue weighted by atomic mass is 10.1. The number of nitrogens with one attached hydrogen (secondary N) is 2. The van der Waals surface area contributed by atoms with Gasteiger partial charge < -0.3 is 10.6 Å². The SMILES string of the molecule is Cc1c(F)cc(C(=O)NCC(F)(F)F)cc1NC(=O)c1nnn(-c2cccc([N+](=O)[O-])c2)c1C. The first kappa shape index (κ1) is 24.3. The van der Waals surface area contributed by atoms with Crippen molar-refractivity contribution in [2.75, 3.05) is 11.9 Å². The van der Waals surface area contributed by atoms with E-state index >= 15 is 0 Å². The van der Waals surface area contributed by atoms with Gasteiger partial charge in [0.05, 0.1) is 16.3 Å². The van der Waals surface area contributed by atoms with Crippen molar-refractivity contribution in [3.8, 4) is 5.69 Å². The summed E-state index contributed by atoms with van der Waals surface area (Å²) in [5, 5.41) is 22.6. The summed E-state index contributed by atoms with van der Waals surface area (Å²) in [6.45, 7) is 1.17. The fourth-order valence-corrected chi connectivity index (χ4v) is 2.93. The number of rotatable bonds is 6. The molecule has 1 heterocycles. The number of anilines is 1. The molecule has 178 valence electrons. The Bertz CT molecular complexity index is 1290. The Morgan fingerprint density at radius 3 is 2.50 bits per heavy atom. The summed E-state index contributed by atoms with van der Waals surface area (Å²) in [6, 6.07) is 7.22. The highest BCUT2D eigenvalue weighted by molar-refractivity contribution is 6.05. The Hall–Kier alpha value is -4.36. The molecule has 0 bridgehead atoms. The van der Waals surface area contributed by atoms with Crippen LogP contribution in [0.25, 0.3) is 5.69 Å². The molecule has 10 nitrogen and oxygen atoms in total. The molecule has 0 radical (unpaired) electrons. The van der Waals surface area contributed by atoms with Crippen LogP contribution in [-0.2, 0) is 0 Å². The quantitative estimate of drug-likeness (QED) is 0.315. The molecule has 1 aromatic heterocycles. The van der Waals surface area contributed by atoms with Gasteiger partial charge in [-0.05, 0) is 32.0 Å². The molecular formula is C20H16F4N6O4. The molecule has 2 amide bonds. The van der Waals surface area contributed by atoms with E-state index in [1.807, 2.05) is 0 Å². The molecule has 0 saturated carbocycles. The van der Waals surface area contributed by atoms with E-state index in [0.29, 0.717) is 0 Å². The van der Waals surface area contributed by atoms with Gasteiger partial charge in [0.15, 0.2) is 5.69 Å².